The molecule has 0 heterocycles. The molecule has 0 saturated carbocycles. The van der Waals surface area contributed by atoms with E-state index < -0.39 is 0 Å². The third kappa shape index (κ3) is 5.99. The quantitative estimate of drug-likeness (QED) is 0.333. The summed E-state index contributed by atoms with van der Waals surface area (Å²) < 4.78 is 0. The van der Waals surface area contributed by atoms with Crippen molar-refractivity contribution in [3.05, 3.63) is 0 Å². The standard InChI is InChI=1S/C6H11P/c1-6(2,3)4-5-7/h7H2,1-3H3. The molecule has 0 aliphatic carbocycles. The van der Waals surface area contributed by atoms with Crippen LogP contribution in [0.4, 0.5) is 0 Å². The number of rotatable bonds is 0. The van der Waals surface area contributed by atoms with Crippen LogP contribution in [0, 0.1) is 17.0 Å². The second kappa shape index (κ2) is 2.34. The van der Waals surface area contributed by atoms with E-state index in [4.69, 9.17) is 0 Å². The molecule has 0 aliphatic heterocycles. The maximum atomic E-state index is 3.00. The highest BCUT2D eigenvalue weighted by atomic mass is 31.0. The molecular weight excluding hydrogens is 103 g/mol. The molecule has 40 valence electrons. The Hall–Kier alpha value is -0.0100. The van der Waals surface area contributed by atoms with E-state index in [0.717, 1.165) is 0 Å². The Morgan fingerprint density at radius 2 is 1.71 bits per heavy atom. The summed E-state index contributed by atoms with van der Waals surface area (Å²) in [7, 11) is 2.38. The molecule has 1 atom stereocenters. The number of hydrogen-bond donors (Lipinski definition) is 0. The van der Waals surface area contributed by atoms with Gasteiger partial charge in [-0.25, -0.2) is 0 Å². The predicted molar refractivity (Wildman–Crippen MR) is 36.9 cm³/mol. The Balaban J connectivity index is 3.72. The maximum Gasteiger partial charge on any atom is 0.0233 e. The first-order valence-electron chi connectivity index (χ1n) is 2.29. The van der Waals surface area contributed by atoms with Crippen molar-refractivity contribution in [2.24, 2.45) is 5.41 Å². The third-order valence-corrected chi connectivity index (χ3v) is 0.592. The van der Waals surface area contributed by atoms with E-state index in [1.807, 2.05) is 0 Å². The fraction of sp³-hybridized carbons (Fsp3) is 0.667. The average Bonchev–Trinajstić information content (AvgIpc) is 1.30. The lowest BCUT2D eigenvalue weighted by Gasteiger charge is -2.05. The molecule has 0 amide bonds. The topological polar surface area (TPSA) is 0 Å². The van der Waals surface area contributed by atoms with Crippen LogP contribution >= 0.6 is 9.24 Å². The van der Waals surface area contributed by atoms with Crippen LogP contribution in [0.15, 0.2) is 0 Å². The maximum absolute atomic E-state index is 3.00. The van der Waals surface area contributed by atoms with E-state index in [2.05, 4.69) is 41.6 Å². The highest BCUT2D eigenvalue weighted by molar-refractivity contribution is 7.23. The Morgan fingerprint density at radius 3 is 1.71 bits per heavy atom. The van der Waals surface area contributed by atoms with Gasteiger partial charge in [-0.1, -0.05) is 20.8 Å². The van der Waals surface area contributed by atoms with Crippen LogP contribution in [-0.2, 0) is 0 Å². The van der Waals surface area contributed by atoms with Crippen molar-refractivity contribution in [2.75, 3.05) is 0 Å². The van der Waals surface area contributed by atoms with Gasteiger partial charge in [-0.05, 0) is 20.8 Å². The van der Waals surface area contributed by atoms with Crippen LogP contribution in [0.1, 0.15) is 20.8 Å². The van der Waals surface area contributed by atoms with Gasteiger partial charge in [0.25, 0.3) is 0 Å². The van der Waals surface area contributed by atoms with E-state index in [-0.39, 0.29) is 5.41 Å². The highest BCUT2D eigenvalue weighted by Crippen LogP contribution is 2.09. The minimum Gasteiger partial charge on any atom is -0.0933 e. The van der Waals surface area contributed by atoms with Crippen molar-refractivity contribution in [3.8, 4) is 11.6 Å². The van der Waals surface area contributed by atoms with E-state index in [9.17, 15) is 0 Å². The fourth-order valence-corrected chi connectivity index (χ4v) is 0.650. The summed E-state index contributed by atoms with van der Waals surface area (Å²) in [5.74, 6) is 3.00. The molecule has 0 aromatic rings. The lowest BCUT2D eigenvalue weighted by atomic mass is 9.99. The van der Waals surface area contributed by atoms with Crippen LogP contribution in [0.25, 0.3) is 0 Å². The molecule has 1 heteroatoms. The van der Waals surface area contributed by atoms with Crippen molar-refractivity contribution < 1.29 is 0 Å². The Labute approximate surface area is 47.9 Å². The predicted octanol–water partition coefficient (Wildman–Crippen LogP) is 1.87. The van der Waals surface area contributed by atoms with Crippen molar-refractivity contribution in [3.63, 3.8) is 0 Å². The normalized spacial score (nSPS) is 9.71. The molecule has 0 N–H and O–H groups in total. The average molecular weight is 114 g/mol. The zero-order valence-corrected chi connectivity index (χ0v) is 6.23. The largest absolute Gasteiger partial charge is 0.0933 e. The Kier molecular flexibility index (Phi) is 2.33. The van der Waals surface area contributed by atoms with Gasteiger partial charge in [0, 0.05) is 5.41 Å². The van der Waals surface area contributed by atoms with Gasteiger partial charge in [0.15, 0.2) is 0 Å². The van der Waals surface area contributed by atoms with E-state index in [0.29, 0.717) is 0 Å². The zero-order valence-electron chi connectivity index (χ0n) is 5.08. The van der Waals surface area contributed by atoms with Crippen molar-refractivity contribution in [2.45, 2.75) is 20.8 Å². The molecule has 0 fully saturated rings. The number of hydrogen-bond acceptors (Lipinski definition) is 0. The third-order valence-electron chi connectivity index (χ3n) is 0.447. The van der Waals surface area contributed by atoms with E-state index >= 15 is 0 Å². The van der Waals surface area contributed by atoms with Gasteiger partial charge >= 0.3 is 0 Å². The zero-order chi connectivity index (χ0) is 5.91. The fourth-order valence-electron chi connectivity index (χ4n) is 0.217. The molecule has 7 heavy (non-hydrogen) atoms. The molecule has 0 spiro atoms. The highest BCUT2D eigenvalue weighted by Gasteiger charge is 2.01. The van der Waals surface area contributed by atoms with Crippen LogP contribution in [0.2, 0.25) is 0 Å². The second-order valence-corrected chi connectivity index (χ2v) is 2.81. The van der Waals surface area contributed by atoms with Crippen LogP contribution in [0.5, 0.6) is 0 Å². The summed E-state index contributed by atoms with van der Waals surface area (Å²) in [6.07, 6.45) is 0. The summed E-state index contributed by atoms with van der Waals surface area (Å²) in [5.41, 5.74) is 2.94. The molecule has 0 rings (SSSR count). The molecule has 0 bridgehead atoms. The van der Waals surface area contributed by atoms with Crippen LogP contribution in [0.3, 0.4) is 0 Å². The van der Waals surface area contributed by atoms with Gasteiger partial charge in [-0.2, -0.15) is 0 Å². The van der Waals surface area contributed by atoms with Gasteiger partial charge in [0.05, 0.1) is 0 Å². The smallest absolute Gasteiger partial charge is 0.0233 e. The SMILES string of the molecule is CC(C)(C)C#CP. The monoisotopic (exact) mass is 114 g/mol. The van der Waals surface area contributed by atoms with Gasteiger partial charge in [0.2, 0.25) is 0 Å². The van der Waals surface area contributed by atoms with Crippen LogP contribution in [-0.4, -0.2) is 0 Å². The van der Waals surface area contributed by atoms with Crippen molar-refractivity contribution >= 4 is 9.24 Å². The van der Waals surface area contributed by atoms with Gasteiger partial charge < -0.3 is 0 Å². The lowest BCUT2D eigenvalue weighted by Crippen LogP contribution is -1.98. The summed E-state index contributed by atoms with van der Waals surface area (Å²) in [6.45, 7) is 6.26. The van der Waals surface area contributed by atoms with Crippen molar-refractivity contribution in [1.29, 1.82) is 0 Å². The molecule has 0 radical (unpaired) electrons. The molecule has 0 saturated heterocycles. The molecule has 0 aliphatic rings. The van der Waals surface area contributed by atoms with Gasteiger partial charge in [0.1, 0.15) is 0 Å². The molecular formula is C6H11P. The van der Waals surface area contributed by atoms with Crippen molar-refractivity contribution in [1.82, 2.24) is 0 Å². The Morgan fingerprint density at radius 1 is 1.29 bits per heavy atom. The van der Waals surface area contributed by atoms with E-state index in [1.165, 1.54) is 0 Å². The Bertz CT molecular complexity index is 97.6. The second-order valence-electron chi connectivity index (χ2n) is 2.52. The first kappa shape index (κ1) is 6.99. The first-order valence-corrected chi connectivity index (χ1v) is 2.87. The molecule has 1 unspecified atom stereocenters. The molecule has 0 nitrogen and oxygen atoms in total. The minimum absolute atomic E-state index is 0.168. The first-order chi connectivity index (χ1) is 3.06. The molecule has 0 aromatic heterocycles. The van der Waals surface area contributed by atoms with Gasteiger partial charge in [-0.3, -0.25) is 0 Å². The van der Waals surface area contributed by atoms with Crippen LogP contribution < -0.4 is 0 Å². The summed E-state index contributed by atoms with van der Waals surface area (Å²) in [5, 5.41) is 0. The van der Waals surface area contributed by atoms with E-state index in [1.54, 1.807) is 0 Å². The lowest BCUT2D eigenvalue weighted by molar-refractivity contribution is 0.571. The summed E-state index contributed by atoms with van der Waals surface area (Å²) >= 11 is 0. The summed E-state index contributed by atoms with van der Waals surface area (Å²) in [4.78, 5) is 0. The molecule has 0 aromatic carbocycles. The van der Waals surface area contributed by atoms with Gasteiger partial charge in [-0.15, -0.1) is 0 Å². The summed E-state index contributed by atoms with van der Waals surface area (Å²) in [6, 6.07) is 0. The minimum atomic E-state index is 0.168.